The Hall–Kier alpha value is -0.590. The van der Waals surface area contributed by atoms with E-state index in [1.807, 2.05) is 6.92 Å². The molecule has 1 heterocycles. The van der Waals surface area contributed by atoms with E-state index in [1.165, 1.54) is 0 Å². The molecule has 0 saturated heterocycles. The molecule has 17 heavy (non-hydrogen) atoms. The predicted molar refractivity (Wildman–Crippen MR) is 70.9 cm³/mol. The first kappa shape index (κ1) is 14.5. The second-order valence-corrected chi connectivity index (χ2v) is 5.16. The van der Waals surface area contributed by atoms with Crippen LogP contribution in [0.1, 0.15) is 12.6 Å². The van der Waals surface area contributed by atoms with E-state index >= 15 is 0 Å². The average molecular weight is 324 g/mol. The molecule has 0 aliphatic rings. The minimum absolute atomic E-state index is 0.0307. The lowest BCUT2D eigenvalue weighted by Crippen LogP contribution is -2.41. The molecule has 0 radical (unpaired) electrons. The van der Waals surface area contributed by atoms with E-state index in [4.69, 9.17) is 11.6 Å². The van der Waals surface area contributed by atoms with E-state index in [9.17, 15) is 4.79 Å². The van der Waals surface area contributed by atoms with Gasteiger partial charge in [0.1, 0.15) is 5.15 Å². The van der Waals surface area contributed by atoms with Crippen LogP contribution in [0.2, 0.25) is 5.15 Å². The lowest BCUT2D eigenvalue weighted by molar-refractivity contribution is -0.130. The highest BCUT2D eigenvalue weighted by atomic mass is 79.9. The Labute approximate surface area is 114 Å². The van der Waals surface area contributed by atoms with Crippen molar-refractivity contribution in [1.29, 1.82) is 0 Å². The van der Waals surface area contributed by atoms with Crippen molar-refractivity contribution in [3.8, 4) is 0 Å². The summed E-state index contributed by atoms with van der Waals surface area (Å²) in [7, 11) is 5.23. The molecule has 1 N–H and O–H groups in total. The number of amides is 1. The summed E-state index contributed by atoms with van der Waals surface area (Å²) in [6, 6.07) is -0.252. The molecule has 0 aliphatic heterocycles. The SMILES string of the molecule is C[C@H](NCc1nn(C)c(Cl)c1Br)C(=O)N(C)C. The maximum atomic E-state index is 11.6. The second kappa shape index (κ2) is 5.84. The topological polar surface area (TPSA) is 50.2 Å². The van der Waals surface area contributed by atoms with Gasteiger partial charge in [-0.1, -0.05) is 11.6 Å². The number of halogens is 2. The summed E-state index contributed by atoms with van der Waals surface area (Å²) in [6.07, 6.45) is 0. The highest BCUT2D eigenvalue weighted by molar-refractivity contribution is 9.10. The monoisotopic (exact) mass is 322 g/mol. The number of rotatable bonds is 4. The van der Waals surface area contributed by atoms with E-state index in [-0.39, 0.29) is 11.9 Å². The predicted octanol–water partition coefficient (Wildman–Crippen LogP) is 1.40. The Morgan fingerprint density at radius 3 is 2.65 bits per heavy atom. The van der Waals surface area contributed by atoms with Crippen molar-refractivity contribution in [2.75, 3.05) is 14.1 Å². The Morgan fingerprint density at radius 2 is 2.24 bits per heavy atom. The van der Waals surface area contributed by atoms with Crippen molar-refractivity contribution in [2.45, 2.75) is 19.5 Å². The van der Waals surface area contributed by atoms with Gasteiger partial charge in [0.15, 0.2) is 0 Å². The minimum atomic E-state index is -0.252. The van der Waals surface area contributed by atoms with Crippen LogP contribution >= 0.6 is 27.5 Å². The van der Waals surface area contributed by atoms with Crippen LogP contribution in [-0.2, 0) is 18.4 Å². The number of aromatic nitrogens is 2. The summed E-state index contributed by atoms with van der Waals surface area (Å²) in [5.41, 5.74) is 0.788. The number of likely N-dealkylation sites (N-methyl/N-ethyl adjacent to an activating group) is 1. The molecular weight excluding hydrogens is 307 g/mol. The summed E-state index contributed by atoms with van der Waals surface area (Å²) >= 11 is 9.34. The number of carbonyl (C=O) groups is 1. The average Bonchev–Trinajstić information content (AvgIpc) is 2.52. The third-order valence-corrected chi connectivity index (χ3v) is 3.87. The second-order valence-electron chi connectivity index (χ2n) is 4.01. The first-order valence-corrected chi connectivity index (χ1v) is 6.33. The number of hydrogen-bond acceptors (Lipinski definition) is 3. The van der Waals surface area contributed by atoms with Crippen molar-refractivity contribution in [3.63, 3.8) is 0 Å². The van der Waals surface area contributed by atoms with E-state index in [0.29, 0.717) is 11.7 Å². The molecule has 5 nitrogen and oxygen atoms in total. The summed E-state index contributed by atoms with van der Waals surface area (Å²) in [5, 5.41) is 7.89. The first-order valence-electron chi connectivity index (χ1n) is 5.16. The van der Waals surface area contributed by atoms with Gasteiger partial charge in [-0.25, -0.2) is 0 Å². The van der Waals surface area contributed by atoms with Gasteiger partial charge in [-0.2, -0.15) is 5.10 Å². The van der Waals surface area contributed by atoms with Crippen LogP contribution in [0.5, 0.6) is 0 Å². The van der Waals surface area contributed by atoms with Crippen molar-refractivity contribution >= 4 is 33.4 Å². The molecule has 1 amide bonds. The molecule has 0 bridgehead atoms. The number of nitrogens with zero attached hydrogens (tertiary/aromatic N) is 3. The molecule has 7 heteroatoms. The summed E-state index contributed by atoms with van der Waals surface area (Å²) in [6.45, 7) is 2.31. The number of aryl methyl sites for hydroxylation is 1. The summed E-state index contributed by atoms with van der Waals surface area (Å²) in [4.78, 5) is 13.2. The van der Waals surface area contributed by atoms with Gasteiger partial charge < -0.3 is 10.2 Å². The van der Waals surface area contributed by atoms with Crippen LogP contribution in [-0.4, -0.2) is 40.7 Å². The van der Waals surface area contributed by atoms with Gasteiger partial charge in [0.05, 0.1) is 16.2 Å². The summed E-state index contributed by atoms with van der Waals surface area (Å²) < 4.78 is 2.35. The van der Waals surface area contributed by atoms with Crippen LogP contribution in [0.15, 0.2) is 4.47 Å². The van der Waals surface area contributed by atoms with Crippen LogP contribution in [0, 0.1) is 0 Å². The smallest absolute Gasteiger partial charge is 0.238 e. The third-order valence-electron chi connectivity index (χ3n) is 2.38. The van der Waals surface area contributed by atoms with Gasteiger partial charge >= 0.3 is 0 Å². The van der Waals surface area contributed by atoms with Crippen molar-refractivity contribution in [2.24, 2.45) is 7.05 Å². The third kappa shape index (κ3) is 3.43. The van der Waals surface area contributed by atoms with E-state index < -0.39 is 0 Å². The quantitative estimate of drug-likeness (QED) is 0.911. The molecule has 0 spiro atoms. The molecule has 1 rings (SSSR count). The van der Waals surface area contributed by atoms with Gasteiger partial charge in [-0.3, -0.25) is 9.48 Å². The number of carbonyl (C=O) groups excluding carboxylic acids is 1. The minimum Gasteiger partial charge on any atom is -0.347 e. The molecule has 0 saturated carbocycles. The fraction of sp³-hybridized carbons (Fsp3) is 0.600. The van der Waals surface area contributed by atoms with E-state index in [0.717, 1.165) is 10.2 Å². The Morgan fingerprint density at radius 1 is 1.65 bits per heavy atom. The van der Waals surface area contributed by atoms with Crippen LogP contribution < -0.4 is 5.32 Å². The Kier molecular flexibility index (Phi) is 4.97. The fourth-order valence-corrected chi connectivity index (χ4v) is 1.99. The maximum absolute atomic E-state index is 11.6. The lowest BCUT2D eigenvalue weighted by atomic mass is 10.3. The normalized spacial score (nSPS) is 12.6. The molecule has 1 aromatic rings. The molecule has 0 fully saturated rings. The molecule has 0 aromatic carbocycles. The van der Waals surface area contributed by atoms with Crippen LogP contribution in [0.25, 0.3) is 0 Å². The van der Waals surface area contributed by atoms with E-state index in [1.54, 1.807) is 30.7 Å². The Balaban J connectivity index is 2.62. The zero-order valence-corrected chi connectivity index (χ0v) is 12.6. The highest BCUT2D eigenvalue weighted by Gasteiger charge is 2.17. The highest BCUT2D eigenvalue weighted by Crippen LogP contribution is 2.25. The van der Waals surface area contributed by atoms with Gasteiger partial charge in [-0.05, 0) is 22.9 Å². The first-order chi connectivity index (χ1) is 7.84. The van der Waals surface area contributed by atoms with Gasteiger partial charge in [0, 0.05) is 27.7 Å². The molecule has 1 aromatic heterocycles. The van der Waals surface area contributed by atoms with Crippen molar-refractivity contribution in [3.05, 3.63) is 15.3 Å². The van der Waals surface area contributed by atoms with Crippen molar-refractivity contribution < 1.29 is 4.79 Å². The largest absolute Gasteiger partial charge is 0.347 e. The van der Waals surface area contributed by atoms with Gasteiger partial charge in [0.2, 0.25) is 5.91 Å². The van der Waals surface area contributed by atoms with Crippen molar-refractivity contribution in [1.82, 2.24) is 20.0 Å². The standard InChI is InChI=1S/C10H16BrClN4O/c1-6(10(17)15(2)3)13-5-7-8(11)9(12)16(4)14-7/h6,13H,5H2,1-4H3/t6-/m0/s1. The van der Waals surface area contributed by atoms with Gasteiger partial charge in [0.25, 0.3) is 0 Å². The zero-order valence-electron chi connectivity index (χ0n) is 10.3. The van der Waals surface area contributed by atoms with E-state index in [2.05, 4.69) is 26.3 Å². The summed E-state index contributed by atoms with van der Waals surface area (Å²) in [5.74, 6) is 0.0307. The molecular formula is C10H16BrClN4O. The molecule has 0 aliphatic carbocycles. The fourth-order valence-electron chi connectivity index (χ4n) is 1.37. The Bertz CT molecular complexity index is 419. The number of nitrogens with one attached hydrogen (secondary N) is 1. The van der Waals surface area contributed by atoms with Gasteiger partial charge in [-0.15, -0.1) is 0 Å². The molecule has 1 atom stereocenters. The number of hydrogen-bond donors (Lipinski definition) is 1. The van der Waals surface area contributed by atoms with Crippen LogP contribution in [0.4, 0.5) is 0 Å². The molecule has 96 valence electrons. The zero-order chi connectivity index (χ0) is 13.2. The lowest BCUT2D eigenvalue weighted by Gasteiger charge is -2.17. The molecule has 0 unspecified atom stereocenters. The maximum Gasteiger partial charge on any atom is 0.238 e. The van der Waals surface area contributed by atoms with Crippen LogP contribution in [0.3, 0.4) is 0 Å².